The number of nitrogens with one attached hydrogen (secondary N) is 1. The Morgan fingerprint density at radius 1 is 1.52 bits per heavy atom. The van der Waals surface area contributed by atoms with E-state index in [2.05, 4.69) is 11.3 Å². The first kappa shape index (κ1) is 18.6. The van der Waals surface area contributed by atoms with Gasteiger partial charge in [-0.25, -0.2) is 13.1 Å². The van der Waals surface area contributed by atoms with Crippen molar-refractivity contribution in [3.8, 4) is 0 Å². The molecule has 0 aliphatic heterocycles. The van der Waals surface area contributed by atoms with E-state index in [0.717, 1.165) is 17.8 Å². The zero-order valence-corrected chi connectivity index (χ0v) is 14.6. The lowest BCUT2D eigenvalue weighted by atomic mass is 9.93. The largest absolute Gasteiger partial charge is 0.391 e. The number of sulfonamides is 1. The van der Waals surface area contributed by atoms with Crippen molar-refractivity contribution in [1.29, 1.82) is 0 Å². The van der Waals surface area contributed by atoms with E-state index in [0.29, 0.717) is 17.2 Å². The lowest BCUT2D eigenvalue weighted by Crippen LogP contribution is -2.47. The molecule has 3 atom stereocenters. The fraction of sp³-hybridized carbons (Fsp3) is 0.571. The number of aliphatic hydroxyl groups excluding tert-OH is 1. The molecule has 0 fully saturated rings. The summed E-state index contributed by atoms with van der Waals surface area (Å²) >= 11 is 6.79. The van der Waals surface area contributed by atoms with Crippen molar-refractivity contribution < 1.29 is 13.5 Å². The van der Waals surface area contributed by atoms with Crippen LogP contribution in [0.1, 0.15) is 33.1 Å². The second-order valence-electron chi connectivity index (χ2n) is 5.02. The van der Waals surface area contributed by atoms with Crippen molar-refractivity contribution in [1.82, 2.24) is 4.72 Å². The van der Waals surface area contributed by atoms with Crippen LogP contribution in [0.5, 0.6) is 0 Å². The molecular weight excluding hydrogens is 330 g/mol. The molecular formula is C14H22ClNO3S2. The smallest absolute Gasteiger partial charge is 0.250 e. The SMILES string of the molecule is C=CCCC(O)[C@@H](NS(=O)(=O)c1ccc(Cl)s1)[C@@H](C)CC. The predicted molar refractivity (Wildman–Crippen MR) is 88.3 cm³/mol. The van der Waals surface area contributed by atoms with Gasteiger partial charge in [0.25, 0.3) is 0 Å². The van der Waals surface area contributed by atoms with Crippen molar-refractivity contribution in [2.45, 2.75) is 49.5 Å². The highest BCUT2D eigenvalue weighted by atomic mass is 35.5. The summed E-state index contributed by atoms with van der Waals surface area (Å²) in [6.45, 7) is 7.51. The van der Waals surface area contributed by atoms with Crippen LogP contribution in [-0.4, -0.2) is 25.7 Å². The number of rotatable bonds is 9. The maximum Gasteiger partial charge on any atom is 0.250 e. The topological polar surface area (TPSA) is 66.4 Å². The summed E-state index contributed by atoms with van der Waals surface area (Å²) in [6.07, 6.45) is 2.85. The molecule has 1 heterocycles. The van der Waals surface area contributed by atoms with Gasteiger partial charge in [-0.1, -0.05) is 37.9 Å². The van der Waals surface area contributed by atoms with Crippen LogP contribution >= 0.6 is 22.9 Å². The first-order chi connectivity index (χ1) is 9.81. The Kier molecular flexibility index (Phi) is 7.36. The Balaban J connectivity index is 2.92. The molecule has 0 bridgehead atoms. The van der Waals surface area contributed by atoms with Gasteiger partial charge < -0.3 is 5.11 Å². The molecule has 0 saturated heterocycles. The average Bonchev–Trinajstić information content (AvgIpc) is 2.88. The van der Waals surface area contributed by atoms with Gasteiger partial charge in [0.05, 0.1) is 16.5 Å². The van der Waals surface area contributed by atoms with Crippen LogP contribution in [0.2, 0.25) is 4.34 Å². The first-order valence-electron chi connectivity index (χ1n) is 6.88. The number of hydrogen-bond acceptors (Lipinski definition) is 4. The van der Waals surface area contributed by atoms with Gasteiger partial charge in [-0.2, -0.15) is 0 Å². The molecule has 21 heavy (non-hydrogen) atoms. The summed E-state index contributed by atoms with van der Waals surface area (Å²) in [5.74, 6) is 0.0232. The third kappa shape index (κ3) is 5.38. The van der Waals surface area contributed by atoms with Crippen LogP contribution in [0.25, 0.3) is 0 Å². The zero-order chi connectivity index (χ0) is 16.0. The van der Waals surface area contributed by atoms with Gasteiger partial charge in [-0.05, 0) is 30.9 Å². The second-order valence-corrected chi connectivity index (χ2v) is 8.68. The van der Waals surface area contributed by atoms with Gasteiger partial charge in [-0.3, -0.25) is 0 Å². The lowest BCUT2D eigenvalue weighted by molar-refractivity contribution is 0.104. The van der Waals surface area contributed by atoms with Crippen LogP contribution < -0.4 is 4.72 Å². The summed E-state index contributed by atoms with van der Waals surface area (Å²) in [7, 11) is -3.67. The minimum Gasteiger partial charge on any atom is -0.391 e. The number of aliphatic hydroxyl groups is 1. The monoisotopic (exact) mass is 351 g/mol. The molecule has 4 nitrogen and oxygen atoms in total. The van der Waals surface area contributed by atoms with Crippen molar-refractivity contribution in [3.05, 3.63) is 29.1 Å². The number of halogens is 1. The summed E-state index contributed by atoms with van der Waals surface area (Å²) < 4.78 is 27.9. The van der Waals surface area contributed by atoms with Gasteiger partial charge in [0.15, 0.2) is 0 Å². The quantitative estimate of drug-likeness (QED) is 0.670. The Labute approximate surface area is 135 Å². The van der Waals surface area contributed by atoms with E-state index in [9.17, 15) is 13.5 Å². The third-order valence-electron chi connectivity index (χ3n) is 3.44. The van der Waals surface area contributed by atoms with Gasteiger partial charge in [0, 0.05) is 0 Å². The number of thiophene rings is 1. The highest BCUT2D eigenvalue weighted by molar-refractivity contribution is 7.91. The predicted octanol–water partition coefficient (Wildman–Crippen LogP) is 3.42. The van der Waals surface area contributed by atoms with E-state index >= 15 is 0 Å². The lowest BCUT2D eigenvalue weighted by Gasteiger charge is -2.28. The van der Waals surface area contributed by atoms with E-state index in [1.807, 2.05) is 13.8 Å². The Hall–Kier alpha value is -0.400. The minimum absolute atomic E-state index is 0.0232. The van der Waals surface area contributed by atoms with Crippen molar-refractivity contribution >= 4 is 33.0 Å². The molecule has 1 rings (SSSR count). The Morgan fingerprint density at radius 2 is 2.19 bits per heavy atom. The molecule has 7 heteroatoms. The zero-order valence-electron chi connectivity index (χ0n) is 12.3. The fourth-order valence-corrected chi connectivity index (χ4v) is 4.85. The van der Waals surface area contributed by atoms with Crippen molar-refractivity contribution in [2.24, 2.45) is 5.92 Å². The Bertz CT molecular complexity index is 556. The molecule has 0 spiro atoms. The second kappa shape index (κ2) is 8.29. The van der Waals surface area contributed by atoms with Crippen LogP contribution in [0, 0.1) is 5.92 Å². The highest BCUT2D eigenvalue weighted by Gasteiger charge is 2.29. The molecule has 2 N–H and O–H groups in total. The van der Waals surface area contributed by atoms with Crippen LogP contribution in [0.4, 0.5) is 0 Å². The number of hydrogen-bond donors (Lipinski definition) is 2. The average molecular weight is 352 g/mol. The summed E-state index contributed by atoms with van der Waals surface area (Å²) in [5, 5.41) is 10.3. The molecule has 0 saturated carbocycles. The standard InChI is InChI=1S/C14H22ClNO3S2/c1-4-6-7-11(17)14(10(3)5-2)16-21(18,19)13-9-8-12(15)20-13/h4,8-11,14,16-17H,1,5-7H2,2-3H3/t10-,11?,14-/m0/s1. The normalized spacial score (nSPS) is 16.4. The maximum atomic E-state index is 12.4. The van der Waals surface area contributed by atoms with Crippen LogP contribution in [-0.2, 0) is 10.0 Å². The molecule has 0 aliphatic carbocycles. The first-order valence-corrected chi connectivity index (χ1v) is 9.56. The fourth-order valence-electron chi connectivity index (χ4n) is 1.98. The van der Waals surface area contributed by atoms with E-state index in [1.165, 1.54) is 6.07 Å². The van der Waals surface area contributed by atoms with Crippen molar-refractivity contribution in [2.75, 3.05) is 0 Å². The van der Waals surface area contributed by atoms with E-state index in [4.69, 9.17) is 11.6 Å². The maximum absolute atomic E-state index is 12.4. The van der Waals surface area contributed by atoms with Crippen LogP contribution in [0.3, 0.4) is 0 Å². The summed E-state index contributed by atoms with van der Waals surface area (Å²) in [4.78, 5) is 0. The highest BCUT2D eigenvalue weighted by Crippen LogP contribution is 2.26. The van der Waals surface area contributed by atoms with E-state index < -0.39 is 22.2 Å². The number of allylic oxidation sites excluding steroid dienone is 1. The molecule has 1 unspecified atom stereocenters. The molecule has 0 aliphatic rings. The molecule has 1 aromatic heterocycles. The van der Waals surface area contributed by atoms with Crippen molar-refractivity contribution in [3.63, 3.8) is 0 Å². The minimum atomic E-state index is -3.67. The van der Waals surface area contributed by atoms with Gasteiger partial charge >= 0.3 is 0 Å². The van der Waals surface area contributed by atoms with Gasteiger partial charge in [0.2, 0.25) is 10.0 Å². The molecule has 120 valence electrons. The summed E-state index contributed by atoms with van der Waals surface area (Å²) in [6, 6.07) is 2.49. The Morgan fingerprint density at radius 3 is 2.67 bits per heavy atom. The van der Waals surface area contributed by atoms with E-state index in [1.54, 1.807) is 12.1 Å². The van der Waals surface area contributed by atoms with E-state index in [-0.39, 0.29) is 10.1 Å². The van der Waals surface area contributed by atoms with Gasteiger partial charge in [0.1, 0.15) is 4.21 Å². The molecule has 0 amide bonds. The van der Waals surface area contributed by atoms with Crippen LogP contribution in [0.15, 0.2) is 29.0 Å². The molecule has 0 aromatic carbocycles. The molecule has 1 aromatic rings. The van der Waals surface area contributed by atoms with Gasteiger partial charge in [-0.15, -0.1) is 17.9 Å². The summed E-state index contributed by atoms with van der Waals surface area (Å²) in [5.41, 5.74) is 0. The third-order valence-corrected chi connectivity index (χ3v) is 6.63. The molecule has 0 radical (unpaired) electrons.